The van der Waals surface area contributed by atoms with Crippen molar-refractivity contribution in [3.63, 3.8) is 0 Å². The van der Waals surface area contributed by atoms with Crippen molar-refractivity contribution >= 4 is 21.6 Å². The predicted octanol–water partition coefficient (Wildman–Crippen LogP) is 0.392. The summed E-state index contributed by atoms with van der Waals surface area (Å²) in [5.74, 6) is -0.141. The van der Waals surface area contributed by atoms with Gasteiger partial charge in [0.25, 0.3) is 5.91 Å². The van der Waals surface area contributed by atoms with Gasteiger partial charge in [0.1, 0.15) is 11.5 Å². The van der Waals surface area contributed by atoms with Gasteiger partial charge in [-0.05, 0) is 17.7 Å². The van der Waals surface area contributed by atoms with Crippen LogP contribution >= 0.6 is 0 Å². The van der Waals surface area contributed by atoms with Gasteiger partial charge in [-0.1, -0.05) is 12.1 Å². The lowest BCUT2D eigenvalue weighted by atomic mass is 10.2. The number of benzene rings is 1. The first-order valence-corrected chi connectivity index (χ1v) is 7.90. The summed E-state index contributed by atoms with van der Waals surface area (Å²) in [5, 5.41) is 2.66. The summed E-state index contributed by atoms with van der Waals surface area (Å²) < 4.78 is 22.7. The molecule has 1 aromatic carbocycles. The molecule has 0 aliphatic rings. The molecule has 110 valence electrons. The second-order valence-electron chi connectivity index (χ2n) is 4.43. The molecule has 0 radical (unpaired) electrons. The number of nitrogens with zero attached hydrogens (tertiary/aromatic N) is 2. The van der Waals surface area contributed by atoms with Gasteiger partial charge in [0.2, 0.25) is 0 Å². The molecule has 0 fully saturated rings. The predicted molar refractivity (Wildman–Crippen MR) is 77.2 cm³/mol. The molecule has 0 aliphatic heterocycles. The molecular weight excluding hydrogens is 292 g/mol. The molecule has 8 heteroatoms. The Labute approximate surface area is 122 Å². The van der Waals surface area contributed by atoms with Crippen LogP contribution in [0.4, 0.5) is 5.82 Å². The zero-order valence-electron chi connectivity index (χ0n) is 11.3. The number of sulfone groups is 1. The number of aromatic nitrogens is 2. The van der Waals surface area contributed by atoms with E-state index < -0.39 is 9.84 Å². The third kappa shape index (κ3) is 3.99. The quantitative estimate of drug-likeness (QED) is 0.844. The Morgan fingerprint density at radius 3 is 2.38 bits per heavy atom. The van der Waals surface area contributed by atoms with Gasteiger partial charge in [-0.3, -0.25) is 4.79 Å². The third-order valence-electron chi connectivity index (χ3n) is 2.71. The van der Waals surface area contributed by atoms with E-state index in [9.17, 15) is 13.2 Å². The number of hydrogen-bond donors (Lipinski definition) is 2. The molecular formula is C13H14N4O3S. The summed E-state index contributed by atoms with van der Waals surface area (Å²) in [5.41, 5.74) is 6.33. The van der Waals surface area contributed by atoms with Crippen LogP contribution in [0.25, 0.3) is 0 Å². The number of hydrogen-bond acceptors (Lipinski definition) is 6. The van der Waals surface area contributed by atoms with Crippen molar-refractivity contribution in [2.24, 2.45) is 0 Å². The number of amides is 1. The Balaban J connectivity index is 2.00. The molecule has 1 amide bonds. The fraction of sp³-hybridized carbons (Fsp3) is 0.154. The maximum absolute atomic E-state index is 11.8. The van der Waals surface area contributed by atoms with Crippen molar-refractivity contribution < 1.29 is 13.2 Å². The molecule has 0 bridgehead atoms. The molecule has 0 saturated carbocycles. The SMILES string of the molecule is CS(=O)(=O)c1ccc(CNC(=O)c2cnc(N)cn2)cc1. The van der Waals surface area contributed by atoms with E-state index in [4.69, 9.17) is 5.73 Å². The molecule has 2 aromatic rings. The van der Waals surface area contributed by atoms with Gasteiger partial charge in [0.15, 0.2) is 9.84 Å². The molecule has 1 aromatic heterocycles. The van der Waals surface area contributed by atoms with Gasteiger partial charge >= 0.3 is 0 Å². The van der Waals surface area contributed by atoms with Gasteiger partial charge in [0, 0.05) is 12.8 Å². The molecule has 21 heavy (non-hydrogen) atoms. The molecule has 0 atom stereocenters. The van der Waals surface area contributed by atoms with Crippen LogP contribution in [0.1, 0.15) is 16.1 Å². The summed E-state index contributed by atoms with van der Waals surface area (Å²) in [7, 11) is -3.22. The minimum Gasteiger partial charge on any atom is -0.382 e. The monoisotopic (exact) mass is 306 g/mol. The summed E-state index contributed by atoms with van der Waals surface area (Å²) in [6, 6.07) is 6.29. The molecule has 0 aliphatic carbocycles. The Kier molecular flexibility index (Phi) is 4.18. The maximum atomic E-state index is 11.8. The number of nitrogen functional groups attached to an aromatic ring is 1. The van der Waals surface area contributed by atoms with Gasteiger partial charge in [-0.25, -0.2) is 18.4 Å². The second-order valence-corrected chi connectivity index (χ2v) is 6.44. The number of anilines is 1. The first-order chi connectivity index (χ1) is 9.86. The van der Waals surface area contributed by atoms with Crippen LogP contribution in [0, 0.1) is 0 Å². The lowest BCUT2D eigenvalue weighted by Gasteiger charge is -2.05. The molecule has 2 rings (SSSR count). The maximum Gasteiger partial charge on any atom is 0.271 e. The van der Waals surface area contributed by atoms with Crippen molar-refractivity contribution in [1.82, 2.24) is 15.3 Å². The minimum atomic E-state index is -3.22. The lowest BCUT2D eigenvalue weighted by Crippen LogP contribution is -2.24. The number of carbonyl (C=O) groups is 1. The van der Waals surface area contributed by atoms with Gasteiger partial charge < -0.3 is 11.1 Å². The standard InChI is InChI=1S/C13H14N4O3S/c1-21(19,20)10-4-2-9(3-5-10)6-17-13(18)11-7-16-12(14)8-15-11/h2-5,7-8H,6H2,1H3,(H2,14,16)(H,17,18). The van der Waals surface area contributed by atoms with Crippen molar-refractivity contribution in [1.29, 1.82) is 0 Å². The molecule has 0 spiro atoms. The Bertz CT molecular complexity index is 740. The zero-order chi connectivity index (χ0) is 15.5. The first-order valence-electron chi connectivity index (χ1n) is 6.01. The van der Waals surface area contributed by atoms with E-state index in [1.54, 1.807) is 12.1 Å². The average molecular weight is 306 g/mol. The molecule has 0 unspecified atom stereocenters. The number of rotatable bonds is 4. The fourth-order valence-corrected chi connectivity index (χ4v) is 2.21. The summed E-state index contributed by atoms with van der Waals surface area (Å²) in [4.78, 5) is 19.7. The Hall–Kier alpha value is -2.48. The van der Waals surface area contributed by atoms with E-state index in [-0.39, 0.29) is 28.9 Å². The highest BCUT2D eigenvalue weighted by molar-refractivity contribution is 7.90. The van der Waals surface area contributed by atoms with Crippen molar-refractivity contribution in [2.75, 3.05) is 12.0 Å². The highest BCUT2D eigenvalue weighted by Gasteiger charge is 2.09. The van der Waals surface area contributed by atoms with E-state index in [0.29, 0.717) is 0 Å². The van der Waals surface area contributed by atoms with E-state index in [1.807, 2.05) is 0 Å². The minimum absolute atomic E-state index is 0.164. The van der Waals surface area contributed by atoms with Crippen LogP contribution in [-0.2, 0) is 16.4 Å². The highest BCUT2D eigenvalue weighted by Crippen LogP contribution is 2.10. The van der Waals surface area contributed by atoms with Gasteiger partial charge in [-0.15, -0.1) is 0 Å². The van der Waals surface area contributed by atoms with Crippen molar-refractivity contribution in [2.45, 2.75) is 11.4 Å². The molecule has 0 saturated heterocycles. The van der Waals surface area contributed by atoms with Gasteiger partial charge in [-0.2, -0.15) is 0 Å². The van der Waals surface area contributed by atoms with Crippen LogP contribution in [0.5, 0.6) is 0 Å². The summed E-state index contributed by atoms with van der Waals surface area (Å²) >= 11 is 0. The Morgan fingerprint density at radius 1 is 1.19 bits per heavy atom. The van der Waals surface area contributed by atoms with Crippen LogP contribution in [-0.4, -0.2) is 30.5 Å². The number of nitrogens with one attached hydrogen (secondary N) is 1. The van der Waals surface area contributed by atoms with Crippen LogP contribution < -0.4 is 11.1 Å². The number of nitrogens with two attached hydrogens (primary N) is 1. The molecule has 7 nitrogen and oxygen atoms in total. The van der Waals surface area contributed by atoms with E-state index >= 15 is 0 Å². The smallest absolute Gasteiger partial charge is 0.271 e. The Morgan fingerprint density at radius 2 is 1.86 bits per heavy atom. The first kappa shape index (κ1) is 14.9. The lowest BCUT2D eigenvalue weighted by molar-refractivity contribution is 0.0945. The molecule has 1 heterocycles. The van der Waals surface area contributed by atoms with E-state index in [1.165, 1.54) is 24.5 Å². The van der Waals surface area contributed by atoms with Crippen molar-refractivity contribution in [3.8, 4) is 0 Å². The van der Waals surface area contributed by atoms with Crippen LogP contribution in [0.2, 0.25) is 0 Å². The van der Waals surface area contributed by atoms with Gasteiger partial charge in [0.05, 0.1) is 17.3 Å². The van der Waals surface area contributed by atoms with Crippen LogP contribution in [0.3, 0.4) is 0 Å². The van der Waals surface area contributed by atoms with Crippen molar-refractivity contribution in [3.05, 3.63) is 47.9 Å². The topological polar surface area (TPSA) is 115 Å². The normalized spacial score (nSPS) is 11.1. The van der Waals surface area contributed by atoms with E-state index in [2.05, 4.69) is 15.3 Å². The number of carbonyl (C=O) groups excluding carboxylic acids is 1. The highest BCUT2D eigenvalue weighted by atomic mass is 32.2. The largest absolute Gasteiger partial charge is 0.382 e. The zero-order valence-corrected chi connectivity index (χ0v) is 12.1. The fourth-order valence-electron chi connectivity index (χ4n) is 1.58. The summed E-state index contributed by atoms with van der Waals surface area (Å²) in [6.07, 6.45) is 3.73. The summed E-state index contributed by atoms with van der Waals surface area (Å²) in [6.45, 7) is 0.259. The third-order valence-corrected chi connectivity index (χ3v) is 3.84. The average Bonchev–Trinajstić information content (AvgIpc) is 2.45. The van der Waals surface area contributed by atoms with Crippen LogP contribution in [0.15, 0.2) is 41.6 Å². The molecule has 3 N–H and O–H groups in total. The van der Waals surface area contributed by atoms with E-state index in [0.717, 1.165) is 11.8 Å². The second kappa shape index (κ2) is 5.88.